The Morgan fingerprint density at radius 1 is 1.24 bits per heavy atom. The minimum Gasteiger partial charge on any atom is -0.346 e. The van der Waals surface area contributed by atoms with Crippen molar-refractivity contribution < 1.29 is 9.47 Å². The minimum absolute atomic E-state index is 0.0896. The maximum absolute atomic E-state index is 5.72. The molecule has 0 amide bonds. The van der Waals surface area contributed by atoms with Gasteiger partial charge in [0.15, 0.2) is 5.79 Å². The summed E-state index contributed by atoms with van der Waals surface area (Å²) in [7, 11) is 0. The summed E-state index contributed by atoms with van der Waals surface area (Å²) < 4.78 is 12.4. The second kappa shape index (κ2) is 8.73. The van der Waals surface area contributed by atoms with Crippen molar-refractivity contribution in [1.82, 2.24) is 4.98 Å². The van der Waals surface area contributed by atoms with Crippen molar-refractivity contribution in [2.24, 2.45) is 9.98 Å². The van der Waals surface area contributed by atoms with Gasteiger partial charge >= 0.3 is 0 Å². The van der Waals surface area contributed by atoms with Crippen molar-refractivity contribution in [3.63, 3.8) is 0 Å². The number of hydrogen-bond donors (Lipinski definition) is 1. The minimum atomic E-state index is -0.673. The Labute approximate surface area is 179 Å². The van der Waals surface area contributed by atoms with E-state index in [-0.39, 0.29) is 6.04 Å². The number of nitrogens with one attached hydrogen (secondary N) is 1. The van der Waals surface area contributed by atoms with Gasteiger partial charge in [-0.3, -0.25) is 15.0 Å². The van der Waals surface area contributed by atoms with E-state index < -0.39 is 5.79 Å². The van der Waals surface area contributed by atoms with Gasteiger partial charge in [0.05, 0.1) is 31.2 Å². The summed E-state index contributed by atoms with van der Waals surface area (Å²) in [6.07, 6.45) is 3.68. The monoisotopic (exact) mass is 456 g/mol. The smallest absolute Gasteiger partial charge is 0.185 e. The number of anilines is 1. The van der Waals surface area contributed by atoms with E-state index in [1.807, 2.05) is 37.3 Å². The number of benzene rings is 1. The highest BCUT2D eigenvalue weighted by atomic mass is 79.9. The molecular formula is C22H25BrN4O2. The summed E-state index contributed by atoms with van der Waals surface area (Å²) >= 11 is 3.59. The first kappa shape index (κ1) is 20.2. The third-order valence-corrected chi connectivity index (χ3v) is 5.50. The molecule has 4 rings (SSSR count). The van der Waals surface area contributed by atoms with Gasteiger partial charge in [-0.2, -0.15) is 0 Å². The van der Waals surface area contributed by atoms with Crippen LogP contribution in [0.5, 0.6) is 0 Å². The Morgan fingerprint density at radius 2 is 2.07 bits per heavy atom. The van der Waals surface area contributed by atoms with Crippen LogP contribution < -0.4 is 5.32 Å². The Bertz CT molecular complexity index is 924. The number of aliphatic imine (C=N–C) groups is 2. The first-order valence-corrected chi connectivity index (χ1v) is 10.8. The molecular weight excluding hydrogens is 432 g/mol. The molecule has 3 heterocycles. The molecule has 29 heavy (non-hydrogen) atoms. The lowest BCUT2D eigenvalue weighted by atomic mass is 10.0. The third kappa shape index (κ3) is 4.57. The highest BCUT2D eigenvalue weighted by Crippen LogP contribution is 2.28. The first-order chi connectivity index (χ1) is 14.1. The molecule has 2 aromatic rings. The summed E-state index contributed by atoms with van der Waals surface area (Å²) in [6.45, 7) is 5.73. The van der Waals surface area contributed by atoms with E-state index in [1.165, 1.54) is 0 Å². The molecule has 0 saturated carbocycles. The van der Waals surface area contributed by atoms with E-state index in [9.17, 15) is 0 Å². The number of pyridine rings is 1. The molecule has 1 saturated heterocycles. The van der Waals surface area contributed by atoms with Crippen LogP contribution in [0.2, 0.25) is 0 Å². The maximum Gasteiger partial charge on any atom is 0.185 e. The van der Waals surface area contributed by atoms with E-state index in [2.05, 4.69) is 39.2 Å². The molecule has 1 fully saturated rings. The zero-order valence-corrected chi connectivity index (χ0v) is 18.3. The average molecular weight is 457 g/mol. The molecule has 0 spiro atoms. The van der Waals surface area contributed by atoms with E-state index in [1.54, 1.807) is 6.20 Å². The SMILES string of the molecule is CCC[C@@H]1N=C(c2ccccn2)c2cc(Br)ccc2NC1=NCC1(C)OCCO1. The Kier molecular flexibility index (Phi) is 6.08. The fourth-order valence-electron chi connectivity index (χ4n) is 3.53. The standard InChI is InChI=1S/C22H25BrN4O2/c1-3-6-19-21(25-14-22(2)28-11-12-29-22)27-17-9-8-15(23)13-16(17)20(26-19)18-7-4-5-10-24-18/h4-5,7-10,13,19H,3,6,11-12,14H2,1-2H3,(H,25,27)/t19-/m0/s1. The van der Waals surface area contributed by atoms with Crippen LogP contribution in [0.25, 0.3) is 0 Å². The van der Waals surface area contributed by atoms with Crippen molar-refractivity contribution in [2.45, 2.75) is 38.5 Å². The quantitative estimate of drug-likeness (QED) is 0.721. The van der Waals surface area contributed by atoms with Crippen LogP contribution in [0.3, 0.4) is 0 Å². The van der Waals surface area contributed by atoms with E-state index >= 15 is 0 Å². The molecule has 0 bridgehead atoms. The van der Waals surface area contributed by atoms with E-state index in [4.69, 9.17) is 19.5 Å². The lowest BCUT2D eigenvalue weighted by Gasteiger charge is -2.22. The highest BCUT2D eigenvalue weighted by molar-refractivity contribution is 9.10. The van der Waals surface area contributed by atoms with Crippen molar-refractivity contribution >= 4 is 33.2 Å². The van der Waals surface area contributed by atoms with Crippen molar-refractivity contribution in [1.29, 1.82) is 0 Å². The van der Waals surface area contributed by atoms with Crippen LogP contribution in [0, 0.1) is 0 Å². The van der Waals surface area contributed by atoms with Gasteiger partial charge in [-0.1, -0.05) is 35.3 Å². The number of benzodiazepines with no additional fused rings is 1. The summed E-state index contributed by atoms with van der Waals surface area (Å²) in [5.74, 6) is 0.162. The Balaban J connectivity index is 1.78. The average Bonchev–Trinajstić information content (AvgIpc) is 3.10. The van der Waals surface area contributed by atoms with Crippen LogP contribution >= 0.6 is 15.9 Å². The normalized spacial score (nSPS) is 22.0. The summed E-state index contributed by atoms with van der Waals surface area (Å²) in [6, 6.07) is 12.0. The molecule has 1 aromatic heterocycles. The highest BCUT2D eigenvalue weighted by Gasteiger charge is 2.32. The number of halogens is 1. The van der Waals surface area contributed by atoms with Gasteiger partial charge in [0, 0.05) is 21.9 Å². The fraction of sp³-hybridized carbons (Fsp3) is 0.409. The topological polar surface area (TPSA) is 68.1 Å². The largest absolute Gasteiger partial charge is 0.346 e. The van der Waals surface area contributed by atoms with Crippen LogP contribution in [0.15, 0.2) is 57.1 Å². The van der Waals surface area contributed by atoms with Crippen molar-refractivity contribution in [3.8, 4) is 0 Å². The van der Waals surface area contributed by atoms with Gasteiger partial charge in [-0.25, -0.2) is 0 Å². The lowest BCUT2D eigenvalue weighted by molar-refractivity contribution is -0.132. The number of nitrogens with zero attached hydrogens (tertiary/aromatic N) is 3. The van der Waals surface area contributed by atoms with Crippen LogP contribution in [-0.2, 0) is 9.47 Å². The van der Waals surface area contributed by atoms with E-state index in [0.29, 0.717) is 19.8 Å². The molecule has 152 valence electrons. The van der Waals surface area contributed by atoms with Crippen LogP contribution in [-0.4, -0.2) is 48.1 Å². The van der Waals surface area contributed by atoms with Crippen molar-refractivity contribution in [3.05, 3.63) is 58.3 Å². The maximum atomic E-state index is 5.72. The number of aromatic nitrogens is 1. The second-order valence-electron chi connectivity index (χ2n) is 7.34. The second-order valence-corrected chi connectivity index (χ2v) is 8.26. The molecule has 0 aliphatic carbocycles. The molecule has 2 aliphatic rings. The number of amidine groups is 1. The fourth-order valence-corrected chi connectivity index (χ4v) is 3.89. The molecule has 0 unspecified atom stereocenters. The molecule has 2 aliphatic heterocycles. The van der Waals surface area contributed by atoms with Gasteiger partial charge < -0.3 is 14.8 Å². The molecule has 6 nitrogen and oxygen atoms in total. The number of ether oxygens (including phenoxy) is 2. The molecule has 1 atom stereocenters. The van der Waals surface area contributed by atoms with E-state index in [0.717, 1.165) is 45.8 Å². The van der Waals surface area contributed by atoms with Gasteiger partial charge in [0.2, 0.25) is 0 Å². The van der Waals surface area contributed by atoms with Crippen LogP contribution in [0.4, 0.5) is 5.69 Å². The Hall–Kier alpha value is -2.09. The summed E-state index contributed by atoms with van der Waals surface area (Å²) in [5.41, 5.74) is 3.69. The zero-order chi connectivity index (χ0) is 20.3. The van der Waals surface area contributed by atoms with Crippen LogP contribution in [0.1, 0.15) is 37.9 Å². The van der Waals surface area contributed by atoms with Gasteiger partial charge in [-0.15, -0.1) is 0 Å². The predicted molar refractivity (Wildman–Crippen MR) is 119 cm³/mol. The molecule has 1 N–H and O–H groups in total. The summed E-state index contributed by atoms with van der Waals surface area (Å²) in [4.78, 5) is 14.5. The van der Waals surface area contributed by atoms with Gasteiger partial charge in [-0.05, 0) is 43.7 Å². The predicted octanol–water partition coefficient (Wildman–Crippen LogP) is 4.44. The third-order valence-electron chi connectivity index (χ3n) is 5.00. The lowest BCUT2D eigenvalue weighted by Crippen LogP contribution is -2.33. The molecule has 1 aromatic carbocycles. The van der Waals surface area contributed by atoms with Gasteiger partial charge in [0.1, 0.15) is 11.9 Å². The number of hydrogen-bond acceptors (Lipinski definition) is 5. The Morgan fingerprint density at radius 3 is 2.79 bits per heavy atom. The molecule has 0 radical (unpaired) electrons. The number of rotatable bonds is 5. The van der Waals surface area contributed by atoms with Gasteiger partial charge in [0.25, 0.3) is 0 Å². The first-order valence-electron chi connectivity index (χ1n) is 9.96. The number of fused-ring (bicyclic) bond motifs is 1. The van der Waals surface area contributed by atoms with Crippen molar-refractivity contribution in [2.75, 3.05) is 25.1 Å². The summed E-state index contributed by atoms with van der Waals surface area (Å²) in [5, 5.41) is 3.54. The zero-order valence-electron chi connectivity index (χ0n) is 16.7. The molecule has 7 heteroatoms.